The number of halogens is 1. The first-order valence-electron chi connectivity index (χ1n) is 5.50. The largest absolute Gasteiger partial charge is 0.353 e. The minimum atomic E-state index is 0.561. The fraction of sp³-hybridized carbons (Fsp3) is 0.636. The monoisotopic (exact) mass is 225 g/mol. The number of hydrogen-bond donors (Lipinski definition) is 0. The van der Waals surface area contributed by atoms with Gasteiger partial charge in [-0.3, -0.25) is 0 Å². The Bertz CT molecular complexity index is 289. The van der Waals surface area contributed by atoms with Crippen LogP contribution in [0.5, 0.6) is 0 Å². The van der Waals surface area contributed by atoms with Crippen LogP contribution in [-0.2, 0) is 0 Å². The van der Waals surface area contributed by atoms with Crippen LogP contribution in [-0.4, -0.2) is 28.4 Å². The molecular weight excluding hydrogens is 210 g/mol. The first-order valence-corrected chi connectivity index (χ1v) is 6.04. The summed E-state index contributed by atoms with van der Waals surface area (Å²) in [6, 6.07) is 2.54. The van der Waals surface area contributed by atoms with Crippen LogP contribution in [0, 0.1) is 0 Å². The second kappa shape index (κ2) is 5.31. The van der Waals surface area contributed by atoms with Crippen LogP contribution in [0.4, 0.5) is 5.82 Å². The predicted molar refractivity (Wildman–Crippen MR) is 62.4 cm³/mol. The molecule has 1 atom stereocenters. The van der Waals surface area contributed by atoms with Crippen molar-refractivity contribution in [2.24, 2.45) is 0 Å². The van der Waals surface area contributed by atoms with Gasteiger partial charge in [-0.25, -0.2) is 9.97 Å². The van der Waals surface area contributed by atoms with Crippen LogP contribution < -0.4 is 4.90 Å². The van der Waals surface area contributed by atoms with Crippen LogP contribution in [0.15, 0.2) is 18.6 Å². The molecule has 1 aliphatic rings. The van der Waals surface area contributed by atoms with Crippen molar-refractivity contribution in [2.75, 3.05) is 17.3 Å². The van der Waals surface area contributed by atoms with Crippen molar-refractivity contribution >= 4 is 17.4 Å². The SMILES string of the molecule is ClCCC1CCCCN1c1ccncn1. The Labute approximate surface area is 95.5 Å². The van der Waals surface area contributed by atoms with E-state index in [1.165, 1.54) is 19.3 Å². The fourth-order valence-corrected chi connectivity index (χ4v) is 2.43. The van der Waals surface area contributed by atoms with Gasteiger partial charge >= 0.3 is 0 Å². The van der Waals surface area contributed by atoms with Crippen molar-refractivity contribution in [3.05, 3.63) is 18.6 Å². The molecular formula is C11H16ClN3. The summed E-state index contributed by atoms with van der Waals surface area (Å²) in [4.78, 5) is 10.6. The molecule has 0 spiro atoms. The lowest BCUT2D eigenvalue weighted by Crippen LogP contribution is -2.40. The summed E-state index contributed by atoms with van der Waals surface area (Å²) in [5.74, 6) is 1.77. The average Bonchev–Trinajstić information content (AvgIpc) is 2.31. The summed E-state index contributed by atoms with van der Waals surface area (Å²) in [5, 5.41) is 0. The molecule has 4 heteroatoms. The molecule has 0 amide bonds. The third kappa shape index (κ3) is 2.59. The maximum Gasteiger partial charge on any atom is 0.132 e. The first kappa shape index (κ1) is 10.7. The lowest BCUT2D eigenvalue weighted by atomic mass is 10.00. The second-order valence-electron chi connectivity index (χ2n) is 3.89. The van der Waals surface area contributed by atoms with E-state index in [4.69, 9.17) is 11.6 Å². The molecule has 0 bridgehead atoms. The normalized spacial score (nSPS) is 21.7. The van der Waals surface area contributed by atoms with E-state index >= 15 is 0 Å². The van der Waals surface area contributed by atoms with Gasteiger partial charge in [0, 0.05) is 24.7 Å². The molecule has 2 rings (SSSR count). The summed E-state index contributed by atoms with van der Waals surface area (Å²) in [7, 11) is 0. The van der Waals surface area contributed by atoms with Gasteiger partial charge in [-0.05, 0) is 31.7 Å². The molecule has 1 saturated heterocycles. The third-order valence-electron chi connectivity index (χ3n) is 2.93. The summed E-state index contributed by atoms with van der Waals surface area (Å²) in [6.45, 7) is 1.10. The zero-order valence-corrected chi connectivity index (χ0v) is 9.53. The zero-order chi connectivity index (χ0) is 10.5. The summed E-state index contributed by atoms with van der Waals surface area (Å²) < 4.78 is 0. The van der Waals surface area contributed by atoms with Crippen LogP contribution in [0.2, 0.25) is 0 Å². The topological polar surface area (TPSA) is 29.0 Å². The minimum absolute atomic E-state index is 0.561. The van der Waals surface area contributed by atoms with Crippen molar-refractivity contribution in [1.82, 2.24) is 9.97 Å². The fourth-order valence-electron chi connectivity index (χ4n) is 2.18. The molecule has 0 aliphatic carbocycles. The van der Waals surface area contributed by atoms with Crippen LogP contribution in [0.3, 0.4) is 0 Å². The Balaban J connectivity index is 2.11. The smallest absolute Gasteiger partial charge is 0.132 e. The van der Waals surface area contributed by atoms with Crippen molar-refractivity contribution < 1.29 is 0 Å². The van der Waals surface area contributed by atoms with E-state index in [9.17, 15) is 0 Å². The molecule has 1 aliphatic heterocycles. The van der Waals surface area contributed by atoms with Crippen molar-refractivity contribution in [3.8, 4) is 0 Å². The molecule has 15 heavy (non-hydrogen) atoms. The molecule has 0 saturated carbocycles. The number of hydrogen-bond acceptors (Lipinski definition) is 3. The molecule has 1 fully saturated rings. The van der Waals surface area contributed by atoms with Crippen molar-refractivity contribution in [3.63, 3.8) is 0 Å². The number of anilines is 1. The number of nitrogens with zero attached hydrogens (tertiary/aromatic N) is 3. The highest BCUT2D eigenvalue weighted by molar-refractivity contribution is 6.17. The van der Waals surface area contributed by atoms with Gasteiger partial charge in [0.05, 0.1) is 0 Å². The van der Waals surface area contributed by atoms with Gasteiger partial charge in [0.25, 0.3) is 0 Å². The molecule has 0 N–H and O–H groups in total. The van der Waals surface area contributed by atoms with Gasteiger partial charge < -0.3 is 4.90 Å². The summed E-state index contributed by atoms with van der Waals surface area (Å²) in [5.41, 5.74) is 0. The minimum Gasteiger partial charge on any atom is -0.353 e. The standard InChI is InChI=1S/C11H16ClN3/c12-6-4-10-3-1-2-8-15(10)11-5-7-13-9-14-11/h5,7,9-10H,1-4,6,8H2. The second-order valence-corrected chi connectivity index (χ2v) is 4.27. The maximum atomic E-state index is 5.83. The quantitative estimate of drug-likeness (QED) is 0.740. The molecule has 1 unspecified atom stereocenters. The maximum absolute atomic E-state index is 5.83. The molecule has 1 aromatic rings. The van der Waals surface area contributed by atoms with Gasteiger partial charge in [-0.15, -0.1) is 11.6 Å². The third-order valence-corrected chi connectivity index (χ3v) is 3.15. The van der Waals surface area contributed by atoms with E-state index in [0.717, 1.165) is 24.7 Å². The molecule has 0 aromatic carbocycles. The summed E-state index contributed by atoms with van der Waals surface area (Å²) >= 11 is 5.83. The van der Waals surface area contributed by atoms with Crippen molar-refractivity contribution in [1.29, 1.82) is 0 Å². The summed E-state index contributed by atoms with van der Waals surface area (Å²) in [6.07, 6.45) is 8.25. The van der Waals surface area contributed by atoms with E-state index < -0.39 is 0 Å². The van der Waals surface area contributed by atoms with Gasteiger partial charge in [-0.1, -0.05) is 0 Å². The average molecular weight is 226 g/mol. The van der Waals surface area contributed by atoms with Crippen LogP contribution in [0.25, 0.3) is 0 Å². The number of rotatable bonds is 3. The lowest BCUT2D eigenvalue weighted by molar-refractivity contribution is 0.448. The Kier molecular flexibility index (Phi) is 3.78. The highest BCUT2D eigenvalue weighted by Gasteiger charge is 2.22. The van der Waals surface area contributed by atoms with E-state index in [1.54, 1.807) is 12.5 Å². The Morgan fingerprint density at radius 1 is 1.47 bits per heavy atom. The van der Waals surface area contributed by atoms with Crippen molar-refractivity contribution in [2.45, 2.75) is 31.7 Å². The van der Waals surface area contributed by atoms with Crippen LogP contribution in [0.1, 0.15) is 25.7 Å². The molecule has 0 radical (unpaired) electrons. The lowest BCUT2D eigenvalue weighted by Gasteiger charge is -2.36. The number of alkyl halides is 1. The van der Waals surface area contributed by atoms with E-state index in [0.29, 0.717) is 6.04 Å². The zero-order valence-electron chi connectivity index (χ0n) is 8.77. The number of piperidine rings is 1. The molecule has 2 heterocycles. The molecule has 1 aromatic heterocycles. The Hall–Kier alpha value is -0.830. The van der Waals surface area contributed by atoms with Gasteiger partial charge in [0.15, 0.2) is 0 Å². The highest BCUT2D eigenvalue weighted by Crippen LogP contribution is 2.24. The molecule has 82 valence electrons. The van der Waals surface area contributed by atoms with Gasteiger partial charge in [-0.2, -0.15) is 0 Å². The highest BCUT2D eigenvalue weighted by atomic mass is 35.5. The van der Waals surface area contributed by atoms with E-state index in [2.05, 4.69) is 14.9 Å². The van der Waals surface area contributed by atoms with Gasteiger partial charge in [0.1, 0.15) is 12.1 Å². The van der Waals surface area contributed by atoms with E-state index in [1.807, 2.05) is 6.07 Å². The Morgan fingerprint density at radius 2 is 2.40 bits per heavy atom. The molecule has 3 nitrogen and oxygen atoms in total. The van der Waals surface area contributed by atoms with Crippen LogP contribution >= 0.6 is 11.6 Å². The van der Waals surface area contributed by atoms with Gasteiger partial charge in [0.2, 0.25) is 0 Å². The predicted octanol–water partition coefficient (Wildman–Crippen LogP) is 2.46. The first-order chi connectivity index (χ1) is 7.42. The van der Waals surface area contributed by atoms with E-state index in [-0.39, 0.29) is 0 Å². The number of aromatic nitrogens is 2. The Morgan fingerprint density at radius 3 is 3.13 bits per heavy atom.